The molecule has 1 aliphatic rings. The van der Waals surface area contributed by atoms with Crippen LogP contribution in [0.3, 0.4) is 0 Å². The van der Waals surface area contributed by atoms with Crippen LogP contribution in [0.1, 0.15) is 39.5 Å². The molecule has 0 N–H and O–H groups in total. The van der Waals surface area contributed by atoms with E-state index in [4.69, 9.17) is 9.47 Å². The number of rotatable bonds is 7. The van der Waals surface area contributed by atoms with Crippen molar-refractivity contribution in [2.75, 3.05) is 13.2 Å². The average molecular weight is 212 g/mol. The van der Waals surface area contributed by atoms with Gasteiger partial charge in [-0.25, -0.2) is 4.79 Å². The van der Waals surface area contributed by atoms with Gasteiger partial charge < -0.3 is 9.47 Å². The third-order valence-electron chi connectivity index (χ3n) is 2.57. The number of epoxide rings is 1. The van der Waals surface area contributed by atoms with Crippen LogP contribution in [0.4, 0.5) is 0 Å². The second-order valence-corrected chi connectivity index (χ2v) is 4.47. The molecule has 86 valence electrons. The van der Waals surface area contributed by atoms with Crippen LogP contribution >= 0.6 is 0 Å². The smallest absolute Gasteiger partial charge is 0.333 e. The first-order chi connectivity index (χ1) is 7.03. The zero-order valence-corrected chi connectivity index (χ0v) is 9.67. The molecule has 3 nitrogen and oxygen atoms in total. The first-order valence-corrected chi connectivity index (χ1v) is 5.50. The molecule has 1 heterocycles. The van der Waals surface area contributed by atoms with E-state index in [0.29, 0.717) is 12.2 Å². The zero-order chi connectivity index (χ0) is 11.3. The van der Waals surface area contributed by atoms with Gasteiger partial charge in [0.1, 0.15) is 0 Å². The van der Waals surface area contributed by atoms with Crippen molar-refractivity contribution in [1.29, 1.82) is 0 Å². The fourth-order valence-corrected chi connectivity index (χ4v) is 1.33. The van der Waals surface area contributed by atoms with Crippen LogP contribution in [0.15, 0.2) is 12.2 Å². The summed E-state index contributed by atoms with van der Waals surface area (Å²) in [4.78, 5) is 11.0. The number of unbranched alkanes of at least 4 members (excludes halogenated alkanes) is 2. The Morgan fingerprint density at radius 1 is 1.47 bits per heavy atom. The Morgan fingerprint density at radius 3 is 2.67 bits per heavy atom. The number of hydrogen-bond acceptors (Lipinski definition) is 3. The van der Waals surface area contributed by atoms with Gasteiger partial charge >= 0.3 is 5.97 Å². The Bertz CT molecular complexity index is 241. The SMILES string of the molecule is C=C(C)C(=O)OCCCCCC1(C)CO1. The highest BCUT2D eigenvalue weighted by Gasteiger charge is 2.37. The minimum atomic E-state index is -0.285. The maximum atomic E-state index is 11.0. The van der Waals surface area contributed by atoms with Crippen LogP contribution in [0.25, 0.3) is 0 Å². The van der Waals surface area contributed by atoms with E-state index in [1.54, 1.807) is 6.92 Å². The highest BCUT2D eigenvalue weighted by atomic mass is 16.6. The van der Waals surface area contributed by atoms with E-state index >= 15 is 0 Å². The second kappa shape index (κ2) is 5.31. The van der Waals surface area contributed by atoms with Gasteiger partial charge in [-0.1, -0.05) is 13.0 Å². The van der Waals surface area contributed by atoms with Crippen LogP contribution < -0.4 is 0 Å². The lowest BCUT2D eigenvalue weighted by Crippen LogP contribution is -2.07. The van der Waals surface area contributed by atoms with E-state index in [0.717, 1.165) is 32.3 Å². The number of ether oxygens (including phenoxy) is 2. The molecule has 0 bridgehead atoms. The molecule has 3 heteroatoms. The Balaban J connectivity index is 1.89. The Hall–Kier alpha value is -0.830. The minimum absolute atomic E-state index is 0.161. The molecule has 1 unspecified atom stereocenters. The Kier molecular flexibility index (Phi) is 4.33. The summed E-state index contributed by atoms with van der Waals surface area (Å²) in [7, 11) is 0. The van der Waals surface area contributed by atoms with Crippen LogP contribution in [0, 0.1) is 0 Å². The molecule has 0 saturated carbocycles. The number of esters is 1. The maximum absolute atomic E-state index is 11.0. The molecule has 15 heavy (non-hydrogen) atoms. The normalized spacial score (nSPS) is 23.6. The summed E-state index contributed by atoms with van der Waals surface area (Å²) < 4.78 is 10.3. The molecular weight excluding hydrogens is 192 g/mol. The van der Waals surface area contributed by atoms with Crippen LogP contribution in [0.2, 0.25) is 0 Å². The number of hydrogen-bond donors (Lipinski definition) is 0. The van der Waals surface area contributed by atoms with Gasteiger partial charge in [-0.05, 0) is 33.1 Å². The molecular formula is C12H20O3. The van der Waals surface area contributed by atoms with Crippen molar-refractivity contribution in [2.24, 2.45) is 0 Å². The highest BCUT2D eigenvalue weighted by molar-refractivity contribution is 5.86. The van der Waals surface area contributed by atoms with Gasteiger partial charge in [-0.2, -0.15) is 0 Å². The standard InChI is InChI=1S/C12H20O3/c1-10(2)11(13)14-8-6-4-5-7-12(3)9-15-12/h1,4-9H2,2-3H3. The molecule has 1 atom stereocenters. The Morgan fingerprint density at radius 2 is 2.13 bits per heavy atom. The van der Waals surface area contributed by atoms with E-state index in [1.807, 2.05) is 0 Å². The first-order valence-electron chi connectivity index (χ1n) is 5.50. The molecule has 0 amide bonds. The molecule has 0 spiro atoms. The van der Waals surface area contributed by atoms with Gasteiger partial charge in [0.15, 0.2) is 0 Å². The van der Waals surface area contributed by atoms with E-state index in [1.165, 1.54) is 0 Å². The number of carbonyl (C=O) groups is 1. The lowest BCUT2D eigenvalue weighted by Gasteiger charge is -2.05. The van der Waals surface area contributed by atoms with Gasteiger partial charge in [0.2, 0.25) is 0 Å². The predicted octanol–water partition coefficient (Wildman–Crippen LogP) is 2.46. The van der Waals surface area contributed by atoms with Gasteiger partial charge in [-0.3, -0.25) is 0 Å². The van der Waals surface area contributed by atoms with Crippen molar-refractivity contribution < 1.29 is 14.3 Å². The summed E-state index contributed by atoms with van der Waals surface area (Å²) in [5.41, 5.74) is 0.628. The van der Waals surface area contributed by atoms with E-state index < -0.39 is 0 Å². The molecule has 1 saturated heterocycles. The third kappa shape index (κ3) is 4.98. The second-order valence-electron chi connectivity index (χ2n) is 4.47. The zero-order valence-electron chi connectivity index (χ0n) is 9.67. The molecule has 0 aromatic heterocycles. The fourth-order valence-electron chi connectivity index (χ4n) is 1.33. The predicted molar refractivity (Wildman–Crippen MR) is 58.6 cm³/mol. The molecule has 0 aromatic carbocycles. The largest absolute Gasteiger partial charge is 0.462 e. The van der Waals surface area contributed by atoms with Crippen molar-refractivity contribution in [3.63, 3.8) is 0 Å². The summed E-state index contributed by atoms with van der Waals surface area (Å²) in [5.74, 6) is -0.285. The van der Waals surface area contributed by atoms with Crippen LogP contribution in [-0.2, 0) is 14.3 Å². The molecule has 0 aliphatic carbocycles. The third-order valence-corrected chi connectivity index (χ3v) is 2.57. The fraction of sp³-hybridized carbons (Fsp3) is 0.750. The average Bonchev–Trinajstić information content (AvgIpc) is 2.89. The van der Waals surface area contributed by atoms with E-state index in [9.17, 15) is 4.79 Å². The van der Waals surface area contributed by atoms with Crippen molar-refractivity contribution in [1.82, 2.24) is 0 Å². The van der Waals surface area contributed by atoms with Crippen molar-refractivity contribution in [2.45, 2.75) is 45.1 Å². The van der Waals surface area contributed by atoms with Crippen molar-refractivity contribution >= 4 is 5.97 Å². The lowest BCUT2D eigenvalue weighted by atomic mass is 10.0. The number of carbonyl (C=O) groups excluding carboxylic acids is 1. The highest BCUT2D eigenvalue weighted by Crippen LogP contribution is 2.31. The molecule has 1 aliphatic heterocycles. The van der Waals surface area contributed by atoms with Crippen molar-refractivity contribution in [3.8, 4) is 0 Å². The van der Waals surface area contributed by atoms with Gasteiger partial charge in [0.25, 0.3) is 0 Å². The Labute approximate surface area is 91.4 Å². The molecule has 0 radical (unpaired) electrons. The summed E-state index contributed by atoms with van der Waals surface area (Å²) in [6.45, 7) is 8.72. The van der Waals surface area contributed by atoms with Crippen LogP contribution in [0.5, 0.6) is 0 Å². The van der Waals surface area contributed by atoms with E-state index in [-0.39, 0.29) is 11.6 Å². The summed E-state index contributed by atoms with van der Waals surface area (Å²) in [6, 6.07) is 0. The van der Waals surface area contributed by atoms with Gasteiger partial charge in [0, 0.05) is 5.57 Å². The monoisotopic (exact) mass is 212 g/mol. The molecule has 1 rings (SSSR count). The summed E-state index contributed by atoms with van der Waals surface area (Å²) in [6.07, 6.45) is 4.26. The maximum Gasteiger partial charge on any atom is 0.333 e. The molecule has 0 aromatic rings. The topological polar surface area (TPSA) is 38.8 Å². The first kappa shape index (κ1) is 12.2. The molecule has 1 fully saturated rings. The van der Waals surface area contributed by atoms with Crippen LogP contribution in [-0.4, -0.2) is 24.8 Å². The van der Waals surface area contributed by atoms with Crippen molar-refractivity contribution in [3.05, 3.63) is 12.2 Å². The minimum Gasteiger partial charge on any atom is -0.462 e. The quantitative estimate of drug-likeness (QED) is 0.281. The van der Waals surface area contributed by atoms with E-state index in [2.05, 4.69) is 13.5 Å². The van der Waals surface area contributed by atoms with Gasteiger partial charge in [0.05, 0.1) is 18.8 Å². The van der Waals surface area contributed by atoms with Gasteiger partial charge in [-0.15, -0.1) is 0 Å². The lowest BCUT2D eigenvalue weighted by molar-refractivity contribution is -0.139. The summed E-state index contributed by atoms with van der Waals surface area (Å²) in [5, 5.41) is 0. The summed E-state index contributed by atoms with van der Waals surface area (Å²) >= 11 is 0.